The van der Waals surface area contributed by atoms with Crippen LogP contribution in [0.2, 0.25) is 0 Å². The molecular weight excluding hydrogens is 300 g/mol. The minimum Gasteiger partial charge on any atom is -0.478 e. The van der Waals surface area contributed by atoms with Gasteiger partial charge in [-0.1, -0.05) is 0 Å². The third kappa shape index (κ3) is 2.70. The first-order valence-corrected chi connectivity index (χ1v) is 6.06. The van der Waals surface area contributed by atoms with Crippen LogP contribution in [0.5, 0.6) is 0 Å². The van der Waals surface area contributed by atoms with Gasteiger partial charge in [0.05, 0.1) is 12.3 Å². The molecule has 0 fully saturated rings. The Hall–Kier alpha value is -1.82. The number of carbonyl (C=O) groups is 1. The van der Waals surface area contributed by atoms with Gasteiger partial charge in [-0.3, -0.25) is 0 Å². The van der Waals surface area contributed by atoms with E-state index in [0.29, 0.717) is 10.3 Å². The van der Waals surface area contributed by atoms with Crippen molar-refractivity contribution in [3.05, 3.63) is 46.5 Å². The minimum atomic E-state index is -1.03. The molecule has 18 heavy (non-hydrogen) atoms. The molecule has 0 amide bonds. The first kappa shape index (κ1) is 12.6. The molecule has 5 nitrogen and oxygen atoms in total. The number of pyridine rings is 1. The van der Waals surface area contributed by atoms with Crippen LogP contribution in [0.3, 0.4) is 0 Å². The van der Waals surface area contributed by atoms with Crippen molar-refractivity contribution in [1.82, 2.24) is 4.98 Å². The van der Waals surface area contributed by atoms with E-state index in [-0.39, 0.29) is 11.6 Å². The molecule has 0 aliphatic rings. The van der Waals surface area contributed by atoms with E-state index in [2.05, 4.69) is 26.2 Å². The summed E-state index contributed by atoms with van der Waals surface area (Å²) in [7, 11) is 0. The Bertz CT molecular complexity index is 554. The van der Waals surface area contributed by atoms with Crippen molar-refractivity contribution in [3.8, 4) is 0 Å². The van der Waals surface area contributed by atoms with E-state index in [1.807, 2.05) is 13.0 Å². The van der Waals surface area contributed by atoms with E-state index in [4.69, 9.17) is 9.52 Å². The molecule has 2 aromatic heterocycles. The van der Waals surface area contributed by atoms with Crippen LogP contribution in [0.15, 0.2) is 39.5 Å². The van der Waals surface area contributed by atoms with Gasteiger partial charge in [-0.05, 0) is 41.1 Å². The number of rotatable bonds is 4. The monoisotopic (exact) mass is 310 g/mol. The molecule has 2 heterocycles. The largest absolute Gasteiger partial charge is 0.478 e. The molecule has 2 rings (SSSR count). The summed E-state index contributed by atoms with van der Waals surface area (Å²) in [4.78, 5) is 15.2. The van der Waals surface area contributed by atoms with Crippen LogP contribution in [0.25, 0.3) is 0 Å². The molecule has 2 N–H and O–H groups in total. The summed E-state index contributed by atoms with van der Waals surface area (Å²) in [6.07, 6.45) is 3.12. The Balaban J connectivity index is 2.26. The number of aromatic carboxylic acids is 1. The predicted octanol–water partition coefficient (Wildman–Crippen LogP) is 3.31. The maximum atomic E-state index is 11.1. The summed E-state index contributed by atoms with van der Waals surface area (Å²) >= 11 is 3.20. The zero-order valence-corrected chi connectivity index (χ0v) is 11.1. The molecule has 6 heteroatoms. The first-order chi connectivity index (χ1) is 8.58. The van der Waals surface area contributed by atoms with Gasteiger partial charge in [0, 0.05) is 10.7 Å². The fourth-order valence-electron chi connectivity index (χ4n) is 1.53. The second-order valence-electron chi connectivity index (χ2n) is 3.74. The average Bonchev–Trinajstić information content (AvgIpc) is 2.84. The van der Waals surface area contributed by atoms with Gasteiger partial charge in [-0.2, -0.15) is 0 Å². The highest BCUT2D eigenvalue weighted by molar-refractivity contribution is 9.10. The number of hydrogen-bond acceptors (Lipinski definition) is 4. The fourth-order valence-corrected chi connectivity index (χ4v) is 1.86. The van der Waals surface area contributed by atoms with Crippen molar-refractivity contribution < 1.29 is 14.3 Å². The van der Waals surface area contributed by atoms with Gasteiger partial charge in [0.25, 0.3) is 0 Å². The number of nitrogens with one attached hydrogen (secondary N) is 1. The second kappa shape index (κ2) is 5.22. The van der Waals surface area contributed by atoms with Crippen molar-refractivity contribution >= 4 is 27.7 Å². The summed E-state index contributed by atoms with van der Waals surface area (Å²) in [6, 6.07) is 4.94. The Kier molecular flexibility index (Phi) is 3.66. The standard InChI is InChI=1S/C12H11BrN2O3/c1-7(10-3-2-4-18-10)15-11-9(12(16)17)5-8(13)6-14-11/h2-7H,1H3,(H,14,15)(H,16,17). The topological polar surface area (TPSA) is 75.4 Å². The summed E-state index contributed by atoms with van der Waals surface area (Å²) < 4.78 is 5.87. The maximum absolute atomic E-state index is 11.1. The number of carboxylic acid groups (broad SMARTS) is 1. The normalized spacial score (nSPS) is 12.1. The van der Waals surface area contributed by atoms with Gasteiger partial charge in [0.2, 0.25) is 0 Å². The third-order valence-electron chi connectivity index (χ3n) is 2.41. The number of anilines is 1. The highest BCUT2D eigenvalue weighted by Gasteiger charge is 2.16. The predicted molar refractivity (Wildman–Crippen MR) is 69.6 cm³/mol. The molecule has 0 aliphatic carbocycles. The number of furan rings is 1. The van der Waals surface area contributed by atoms with Gasteiger partial charge >= 0.3 is 5.97 Å². The Morgan fingerprint density at radius 1 is 1.61 bits per heavy atom. The molecule has 0 aromatic carbocycles. The molecular formula is C12H11BrN2O3. The van der Waals surface area contributed by atoms with Crippen LogP contribution < -0.4 is 5.32 Å². The van der Waals surface area contributed by atoms with Gasteiger partial charge < -0.3 is 14.8 Å². The summed E-state index contributed by atoms with van der Waals surface area (Å²) in [5, 5.41) is 12.1. The fraction of sp³-hybridized carbons (Fsp3) is 0.167. The van der Waals surface area contributed by atoms with Crippen LogP contribution in [0, 0.1) is 0 Å². The molecule has 0 saturated carbocycles. The van der Waals surface area contributed by atoms with Crippen LogP contribution >= 0.6 is 15.9 Å². The van der Waals surface area contributed by atoms with E-state index in [1.54, 1.807) is 18.5 Å². The van der Waals surface area contributed by atoms with E-state index in [1.165, 1.54) is 6.07 Å². The lowest BCUT2D eigenvalue weighted by Crippen LogP contribution is -2.11. The van der Waals surface area contributed by atoms with Crippen LogP contribution in [-0.4, -0.2) is 16.1 Å². The molecule has 0 radical (unpaired) electrons. The number of aromatic nitrogens is 1. The van der Waals surface area contributed by atoms with Crippen LogP contribution in [0.1, 0.15) is 29.1 Å². The number of halogens is 1. The second-order valence-corrected chi connectivity index (χ2v) is 4.65. The lowest BCUT2D eigenvalue weighted by Gasteiger charge is -2.13. The Morgan fingerprint density at radius 3 is 3.00 bits per heavy atom. The van der Waals surface area contributed by atoms with Crippen molar-refractivity contribution in [1.29, 1.82) is 0 Å². The third-order valence-corrected chi connectivity index (χ3v) is 2.84. The van der Waals surface area contributed by atoms with Crippen molar-refractivity contribution in [2.45, 2.75) is 13.0 Å². The Labute approximate surface area is 112 Å². The molecule has 94 valence electrons. The molecule has 2 aromatic rings. The lowest BCUT2D eigenvalue weighted by molar-refractivity contribution is 0.0697. The van der Waals surface area contributed by atoms with E-state index >= 15 is 0 Å². The molecule has 0 spiro atoms. The molecule has 0 aliphatic heterocycles. The minimum absolute atomic E-state index is 0.114. The van der Waals surface area contributed by atoms with Crippen molar-refractivity contribution in [2.75, 3.05) is 5.32 Å². The molecule has 1 atom stereocenters. The van der Waals surface area contributed by atoms with E-state index in [9.17, 15) is 4.79 Å². The van der Waals surface area contributed by atoms with Gasteiger partial charge in [0.1, 0.15) is 17.1 Å². The molecule has 1 unspecified atom stereocenters. The van der Waals surface area contributed by atoms with E-state index in [0.717, 1.165) is 5.76 Å². The maximum Gasteiger partial charge on any atom is 0.339 e. The Morgan fingerprint density at radius 2 is 2.39 bits per heavy atom. The van der Waals surface area contributed by atoms with Crippen LogP contribution in [-0.2, 0) is 0 Å². The number of nitrogens with zero attached hydrogens (tertiary/aromatic N) is 1. The van der Waals surface area contributed by atoms with Gasteiger partial charge in [-0.15, -0.1) is 0 Å². The molecule has 0 bridgehead atoms. The highest BCUT2D eigenvalue weighted by atomic mass is 79.9. The quantitative estimate of drug-likeness (QED) is 0.906. The van der Waals surface area contributed by atoms with E-state index < -0.39 is 5.97 Å². The highest BCUT2D eigenvalue weighted by Crippen LogP contribution is 2.23. The average molecular weight is 311 g/mol. The van der Waals surface area contributed by atoms with Crippen molar-refractivity contribution in [2.24, 2.45) is 0 Å². The number of carboxylic acids is 1. The number of hydrogen-bond donors (Lipinski definition) is 2. The molecule has 0 saturated heterocycles. The summed E-state index contributed by atoms with van der Waals surface area (Å²) in [5.74, 6) is 0.00334. The van der Waals surface area contributed by atoms with Gasteiger partial charge in [0.15, 0.2) is 0 Å². The summed E-state index contributed by atoms with van der Waals surface area (Å²) in [6.45, 7) is 1.87. The zero-order chi connectivity index (χ0) is 13.1. The zero-order valence-electron chi connectivity index (χ0n) is 9.55. The first-order valence-electron chi connectivity index (χ1n) is 5.26. The smallest absolute Gasteiger partial charge is 0.339 e. The lowest BCUT2D eigenvalue weighted by atomic mass is 10.2. The van der Waals surface area contributed by atoms with Gasteiger partial charge in [-0.25, -0.2) is 9.78 Å². The van der Waals surface area contributed by atoms with Crippen molar-refractivity contribution in [3.63, 3.8) is 0 Å². The van der Waals surface area contributed by atoms with Crippen LogP contribution in [0.4, 0.5) is 5.82 Å². The SMILES string of the molecule is CC(Nc1ncc(Br)cc1C(=O)O)c1ccco1. The summed E-state index contributed by atoms with van der Waals surface area (Å²) in [5.41, 5.74) is 0.114.